The van der Waals surface area contributed by atoms with E-state index in [4.69, 9.17) is 0 Å². The van der Waals surface area contributed by atoms with Gasteiger partial charge >= 0.3 is 0 Å². The number of benzene rings is 1. The third kappa shape index (κ3) is 2.37. The van der Waals surface area contributed by atoms with Crippen molar-refractivity contribution in [1.29, 1.82) is 0 Å². The van der Waals surface area contributed by atoms with Crippen LogP contribution in [0.2, 0.25) is 0 Å². The van der Waals surface area contributed by atoms with E-state index in [-0.39, 0.29) is 6.08 Å². The second kappa shape index (κ2) is 4.68. The minimum Gasteiger partial charge on any atom is -0.373 e. The van der Waals surface area contributed by atoms with Crippen molar-refractivity contribution in [3.8, 4) is 0 Å². The third-order valence-electron chi connectivity index (χ3n) is 1.97. The van der Waals surface area contributed by atoms with Crippen molar-refractivity contribution in [2.75, 3.05) is 19.0 Å². The zero-order chi connectivity index (χ0) is 13.3. The zero-order valence-corrected chi connectivity index (χ0v) is 8.79. The first kappa shape index (κ1) is 13.4. The van der Waals surface area contributed by atoms with Crippen LogP contribution in [0.5, 0.6) is 0 Å². The predicted octanol–water partition coefficient (Wildman–Crippen LogP) is 3.55. The van der Waals surface area contributed by atoms with Crippen molar-refractivity contribution < 1.29 is 26.3 Å². The molecule has 1 aromatic rings. The molecule has 0 atom stereocenters. The first-order chi connectivity index (χ1) is 7.77. The van der Waals surface area contributed by atoms with Crippen LogP contribution in [0.4, 0.5) is 32.0 Å². The van der Waals surface area contributed by atoms with Crippen LogP contribution in [0.3, 0.4) is 0 Å². The van der Waals surface area contributed by atoms with E-state index < -0.39 is 40.6 Å². The molecule has 94 valence electrons. The molecule has 1 aromatic carbocycles. The molecule has 1 rings (SSSR count). The summed E-state index contributed by atoms with van der Waals surface area (Å²) in [6, 6.07) is 0. The molecule has 1 nitrogen and oxygen atoms in total. The van der Waals surface area contributed by atoms with Crippen LogP contribution in [0.15, 0.2) is 6.08 Å². The summed E-state index contributed by atoms with van der Waals surface area (Å²) >= 11 is 0. The van der Waals surface area contributed by atoms with Crippen LogP contribution in [-0.4, -0.2) is 14.1 Å². The van der Waals surface area contributed by atoms with E-state index in [1.807, 2.05) is 0 Å². The molecule has 0 saturated heterocycles. The molecule has 0 aliphatic carbocycles. The predicted molar refractivity (Wildman–Crippen MR) is 50.8 cm³/mol. The lowest BCUT2D eigenvalue weighted by Crippen LogP contribution is -2.16. The van der Waals surface area contributed by atoms with Crippen molar-refractivity contribution in [2.45, 2.75) is 0 Å². The fraction of sp³-hybridized carbons (Fsp3) is 0.200. The molecule has 0 amide bonds. The highest BCUT2D eigenvalue weighted by atomic mass is 19.3. The van der Waals surface area contributed by atoms with Crippen molar-refractivity contribution >= 4 is 11.8 Å². The topological polar surface area (TPSA) is 3.24 Å². The molecule has 0 aromatic heterocycles. The molecule has 7 heteroatoms. The highest BCUT2D eigenvalue weighted by Crippen LogP contribution is 2.31. The van der Waals surface area contributed by atoms with E-state index in [1.165, 1.54) is 0 Å². The Morgan fingerprint density at radius 2 is 1.29 bits per heavy atom. The maximum Gasteiger partial charge on any atom is 0.271 e. The van der Waals surface area contributed by atoms with Crippen LogP contribution < -0.4 is 4.90 Å². The molecule has 0 aliphatic rings. The molecule has 17 heavy (non-hydrogen) atoms. The minimum atomic E-state index is -2.46. The molecule has 0 unspecified atom stereocenters. The number of rotatable bonds is 2. The Bertz CT molecular complexity index is 447. The molecule has 0 bridgehead atoms. The summed E-state index contributed by atoms with van der Waals surface area (Å²) in [7, 11) is 2.32. The number of hydrogen-bond donors (Lipinski definition) is 0. The van der Waals surface area contributed by atoms with Crippen molar-refractivity contribution in [1.82, 2.24) is 0 Å². The zero-order valence-electron chi connectivity index (χ0n) is 8.79. The number of halogens is 6. The number of hydrogen-bond acceptors (Lipinski definition) is 1. The van der Waals surface area contributed by atoms with Gasteiger partial charge in [-0.1, -0.05) is 0 Å². The van der Waals surface area contributed by atoms with Crippen LogP contribution in [0.1, 0.15) is 5.56 Å². The minimum absolute atomic E-state index is 0.268. The highest BCUT2D eigenvalue weighted by Gasteiger charge is 2.25. The quantitative estimate of drug-likeness (QED) is 0.577. The van der Waals surface area contributed by atoms with Crippen molar-refractivity contribution in [3.63, 3.8) is 0 Å². The summed E-state index contributed by atoms with van der Waals surface area (Å²) in [5, 5.41) is 0. The van der Waals surface area contributed by atoms with Gasteiger partial charge in [0.25, 0.3) is 6.08 Å². The maximum atomic E-state index is 13.3. The van der Waals surface area contributed by atoms with E-state index in [1.54, 1.807) is 0 Å². The largest absolute Gasteiger partial charge is 0.373 e. The van der Waals surface area contributed by atoms with Gasteiger partial charge < -0.3 is 4.90 Å². The Balaban J connectivity index is 3.64. The average molecular weight is 255 g/mol. The molecular weight excluding hydrogens is 248 g/mol. The van der Waals surface area contributed by atoms with Gasteiger partial charge in [-0.2, -0.15) is 8.78 Å². The lowest BCUT2D eigenvalue weighted by atomic mass is 10.1. The van der Waals surface area contributed by atoms with Crippen molar-refractivity contribution in [3.05, 3.63) is 34.9 Å². The van der Waals surface area contributed by atoms with Gasteiger partial charge in [0.2, 0.25) is 0 Å². The van der Waals surface area contributed by atoms with Gasteiger partial charge in [0.15, 0.2) is 23.3 Å². The summed E-state index contributed by atoms with van der Waals surface area (Å²) in [6.45, 7) is 0. The van der Waals surface area contributed by atoms with E-state index in [2.05, 4.69) is 0 Å². The number of anilines is 1. The SMILES string of the molecule is CN(C)c1c(F)c(F)c(C=C(F)F)c(F)c1F. The Labute approximate surface area is 93.0 Å². The van der Waals surface area contributed by atoms with E-state index in [0.29, 0.717) is 0 Å². The normalized spacial score (nSPS) is 10.4. The molecular formula is C10H7F6N. The Kier molecular flexibility index (Phi) is 3.69. The van der Waals surface area contributed by atoms with Gasteiger partial charge in [-0.25, -0.2) is 17.6 Å². The van der Waals surface area contributed by atoms with Gasteiger partial charge in [0, 0.05) is 20.2 Å². The summed E-state index contributed by atoms with van der Waals surface area (Å²) in [5.74, 6) is -7.16. The third-order valence-corrected chi connectivity index (χ3v) is 1.97. The summed E-state index contributed by atoms with van der Waals surface area (Å²) in [6.07, 6.45) is -2.73. The van der Waals surface area contributed by atoms with Gasteiger partial charge in [-0.15, -0.1) is 0 Å². The molecule has 0 fully saturated rings. The molecule has 0 heterocycles. The van der Waals surface area contributed by atoms with Crippen LogP contribution in [-0.2, 0) is 0 Å². The second-order valence-electron chi connectivity index (χ2n) is 3.35. The summed E-state index contributed by atoms with van der Waals surface area (Å²) < 4.78 is 76.8. The lowest BCUT2D eigenvalue weighted by molar-refractivity contribution is 0.424. The van der Waals surface area contributed by atoms with Crippen LogP contribution in [0, 0.1) is 23.3 Å². The molecule has 0 aliphatic heterocycles. The smallest absolute Gasteiger partial charge is 0.271 e. The standard InChI is InChI=1S/C10H7F6N/c1-17(2)10-8(15)6(13)4(3-5(11)12)7(14)9(10)16/h3H,1-2H3. The number of nitrogens with zero attached hydrogens (tertiary/aromatic N) is 1. The molecule has 0 spiro atoms. The average Bonchev–Trinajstić information content (AvgIpc) is 2.21. The molecule has 0 saturated carbocycles. The Morgan fingerprint density at radius 1 is 0.882 bits per heavy atom. The first-order valence-corrected chi connectivity index (χ1v) is 4.33. The lowest BCUT2D eigenvalue weighted by Gasteiger charge is -2.16. The van der Waals surface area contributed by atoms with Crippen molar-refractivity contribution in [2.24, 2.45) is 0 Å². The summed E-state index contributed by atoms with van der Waals surface area (Å²) in [5.41, 5.74) is -2.40. The Hall–Kier alpha value is -1.66. The maximum absolute atomic E-state index is 13.3. The fourth-order valence-corrected chi connectivity index (χ4v) is 1.27. The van der Waals surface area contributed by atoms with Crippen LogP contribution in [0.25, 0.3) is 6.08 Å². The fourth-order valence-electron chi connectivity index (χ4n) is 1.27. The molecule has 0 N–H and O–H groups in total. The van der Waals surface area contributed by atoms with Gasteiger partial charge in [0.05, 0.1) is 5.56 Å². The first-order valence-electron chi connectivity index (χ1n) is 4.33. The van der Waals surface area contributed by atoms with Gasteiger partial charge in [-0.3, -0.25) is 0 Å². The van der Waals surface area contributed by atoms with E-state index >= 15 is 0 Å². The monoisotopic (exact) mass is 255 g/mol. The molecule has 0 radical (unpaired) electrons. The van der Waals surface area contributed by atoms with Crippen LogP contribution >= 0.6 is 0 Å². The second-order valence-corrected chi connectivity index (χ2v) is 3.35. The van der Waals surface area contributed by atoms with Gasteiger partial charge in [0.1, 0.15) is 5.69 Å². The van der Waals surface area contributed by atoms with E-state index in [0.717, 1.165) is 19.0 Å². The van der Waals surface area contributed by atoms with E-state index in [9.17, 15) is 26.3 Å². The Morgan fingerprint density at radius 3 is 1.59 bits per heavy atom. The highest BCUT2D eigenvalue weighted by molar-refractivity contribution is 5.59. The van der Waals surface area contributed by atoms with Gasteiger partial charge in [-0.05, 0) is 0 Å². The summed E-state index contributed by atoms with van der Waals surface area (Å²) in [4.78, 5) is 0.802.